The quantitative estimate of drug-likeness (QED) is 0.303. The van der Waals surface area contributed by atoms with Crippen molar-refractivity contribution in [1.29, 1.82) is 0 Å². The average Bonchev–Trinajstić information content (AvgIpc) is 3.82. The number of H-pyrrole nitrogens is 1. The van der Waals surface area contributed by atoms with Crippen LogP contribution < -0.4 is 10.6 Å². The van der Waals surface area contributed by atoms with E-state index >= 15 is 0 Å². The average molecular weight is 537 g/mol. The van der Waals surface area contributed by atoms with Gasteiger partial charge in [-0.15, -0.1) is 0 Å². The molecule has 0 radical (unpaired) electrons. The number of carbonyl (C=O) groups is 2. The van der Waals surface area contributed by atoms with Gasteiger partial charge in [-0.25, -0.2) is 0 Å². The van der Waals surface area contributed by atoms with Crippen LogP contribution >= 0.6 is 0 Å². The summed E-state index contributed by atoms with van der Waals surface area (Å²) in [6.45, 7) is 4.46. The van der Waals surface area contributed by atoms with Gasteiger partial charge >= 0.3 is 0 Å². The number of aromatic amines is 1. The molecular formula is C28H36N6O3S. The van der Waals surface area contributed by atoms with Crippen LogP contribution in [0.1, 0.15) is 54.0 Å². The molecule has 0 spiro atoms. The van der Waals surface area contributed by atoms with E-state index in [9.17, 15) is 14.1 Å². The summed E-state index contributed by atoms with van der Waals surface area (Å²) in [5.74, 6) is 1.14. The van der Waals surface area contributed by atoms with Crippen molar-refractivity contribution >= 4 is 28.7 Å². The first-order valence-electron chi connectivity index (χ1n) is 13.4. The lowest BCUT2D eigenvalue weighted by molar-refractivity contribution is -0.119. The number of nitrogens with one attached hydrogen (secondary N) is 3. The highest BCUT2D eigenvalue weighted by atomic mass is 32.2. The van der Waals surface area contributed by atoms with Gasteiger partial charge in [-0.05, 0) is 81.0 Å². The molecule has 0 aliphatic heterocycles. The summed E-state index contributed by atoms with van der Waals surface area (Å²) in [6.07, 6.45) is 8.34. The van der Waals surface area contributed by atoms with Gasteiger partial charge in [-0.2, -0.15) is 10.2 Å². The molecule has 3 N–H and O–H groups in total. The van der Waals surface area contributed by atoms with Crippen molar-refractivity contribution in [2.75, 3.05) is 17.3 Å². The van der Waals surface area contributed by atoms with Crippen LogP contribution in [0.5, 0.6) is 0 Å². The summed E-state index contributed by atoms with van der Waals surface area (Å²) in [5, 5.41) is 17.7. The normalized spacial score (nSPS) is 16.9. The van der Waals surface area contributed by atoms with E-state index in [1.165, 1.54) is 0 Å². The summed E-state index contributed by atoms with van der Waals surface area (Å²) < 4.78 is 13.1. The molecule has 0 saturated heterocycles. The van der Waals surface area contributed by atoms with Crippen molar-refractivity contribution in [2.24, 2.45) is 17.8 Å². The van der Waals surface area contributed by atoms with E-state index in [-0.39, 0.29) is 17.7 Å². The fourth-order valence-electron chi connectivity index (χ4n) is 5.48. The zero-order valence-corrected chi connectivity index (χ0v) is 23.0. The zero-order chi connectivity index (χ0) is 26.8. The first-order chi connectivity index (χ1) is 18.3. The molecule has 2 aliphatic carbocycles. The predicted molar refractivity (Wildman–Crippen MR) is 148 cm³/mol. The second kappa shape index (κ2) is 11.3. The number of hydrogen-bond acceptors (Lipinski definition) is 5. The number of amides is 2. The van der Waals surface area contributed by atoms with Crippen LogP contribution in [-0.2, 0) is 22.5 Å². The highest BCUT2D eigenvalue weighted by Crippen LogP contribution is 2.51. The number of carbonyl (C=O) groups excluding carboxylic acids is 2. The lowest BCUT2D eigenvalue weighted by atomic mass is 9.88. The Morgan fingerprint density at radius 1 is 1.13 bits per heavy atom. The molecule has 0 bridgehead atoms. The molecular weight excluding hydrogens is 500 g/mol. The molecule has 2 aliphatic rings. The Balaban J connectivity index is 1.32. The fourth-order valence-corrected chi connectivity index (χ4v) is 6.02. The molecule has 1 aromatic carbocycles. The topological polar surface area (TPSA) is 128 Å². The van der Waals surface area contributed by atoms with Crippen molar-refractivity contribution < 1.29 is 14.1 Å². The molecule has 2 aromatic heterocycles. The minimum atomic E-state index is -0.894. The van der Waals surface area contributed by atoms with Gasteiger partial charge in [-0.1, -0.05) is 23.3 Å². The maximum atomic E-state index is 13.7. The van der Waals surface area contributed by atoms with Gasteiger partial charge in [0.25, 0.3) is 5.91 Å². The standard InChI is InChI=1S/C28H36N6O3S/c1-17-24(18(2)33-32-17)19-9-11-22(12-10-19)30-28(36)26(25(20-5-6-20)21-7-8-21)31-27(35)23-13-14-29-34(23)15-4-16-38(3)37/h9-14,20-21,25-26H,4-8,15-16H2,1-3H3,(H,30,36)(H,31,35)(H,32,33)/t26-,38?/m0/s1. The number of benzene rings is 1. The molecule has 2 atom stereocenters. The molecule has 202 valence electrons. The lowest BCUT2D eigenvalue weighted by Crippen LogP contribution is -2.50. The molecule has 3 aromatic rings. The van der Waals surface area contributed by atoms with Crippen LogP contribution in [0.15, 0.2) is 36.5 Å². The number of hydrogen-bond donors (Lipinski definition) is 3. The minimum absolute atomic E-state index is 0.133. The second-order valence-electron chi connectivity index (χ2n) is 10.6. The van der Waals surface area contributed by atoms with Crippen LogP contribution in [0.4, 0.5) is 5.69 Å². The van der Waals surface area contributed by atoms with Crippen molar-refractivity contribution in [3.05, 3.63) is 53.6 Å². The third-order valence-electron chi connectivity index (χ3n) is 7.61. The van der Waals surface area contributed by atoms with E-state index in [2.05, 4.69) is 25.9 Å². The predicted octanol–water partition coefficient (Wildman–Crippen LogP) is 3.83. The van der Waals surface area contributed by atoms with Gasteiger partial charge in [0.1, 0.15) is 17.5 Å². The monoisotopic (exact) mass is 536 g/mol. The van der Waals surface area contributed by atoms with Crippen LogP contribution in [-0.4, -0.2) is 54.4 Å². The van der Waals surface area contributed by atoms with E-state index in [1.54, 1.807) is 23.2 Å². The Morgan fingerprint density at radius 3 is 2.39 bits per heavy atom. The molecule has 10 heteroatoms. The Morgan fingerprint density at radius 2 is 1.82 bits per heavy atom. The Bertz CT molecular complexity index is 1240. The Kier molecular flexibility index (Phi) is 7.90. The van der Waals surface area contributed by atoms with Gasteiger partial charge in [-0.3, -0.25) is 19.4 Å². The highest BCUT2D eigenvalue weighted by molar-refractivity contribution is 7.90. The summed E-state index contributed by atoms with van der Waals surface area (Å²) in [4.78, 5) is 27.1. The number of aryl methyl sites for hydroxylation is 3. The zero-order valence-electron chi connectivity index (χ0n) is 22.2. The van der Waals surface area contributed by atoms with Crippen molar-refractivity contribution in [3.8, 4) is 11.1 Å². The minimum Gasteiger partial charge on any atom is -0.617 e. The van der Waals surface area contributed by atoms with Crippen LogP contribution in [0.3, 0.4) is 0 Å². The first-order valence-corrected chi connectivity index (χ1v) is 15.1. The fraction of sp³-hybridized carbons (Fsp3) is 0.500. The van der Waals surface area contributed by atoms with Crippen molar-refractivity contribution in [2.45, 2.75) is 58.5 Å². The Hall–Kier alpha value is -3.11. The second-order valence-corrected chi connectivity index (χ2v) is 12.2. The van der Waals surface area contributed by atoms with E-state index in [4.69, 9.17) is 0 Å². The van der Waals surface area contributed by atoms with E-state index < -0.39 is 17.2 Å². The smallest absolute Gasteiger partial charge is 0.270 e. The summed E-state index contributed by atoms with van der Waals surface area (Å²) in [5.41, 5.74) is 5.15. The van der Waals surface area contributed by atoms with Gasteiger partial charge in [0.15, 0.2) is 0 Å². The molecule has 2 fully saturated rings. The van der Waals surface area contributed by atoms with Crippen LogP contribution in [0.2, 0.25) is 0 Å². The molecule has 2 amide bonds. The van der Waals surface area contributed by atoms with Crippen LogP contribution in [0.25, 0.3) is 11.1 Å². The first kappa shape index (κ1) is 26.5. The largest absolute Gasteiger partial charge is 0.617 e. The van der Waals surface area contributed by atoms with Crippen molar-refractivity contribution in [1.82, 2.24) is 25.3 Å². The third-order valence-corrected chi connectivity index (χ3v) is 8.47. The molecule has 9 nitrogen and oxygen atoms in total. The van der Waals surface area contributed by atoms with Gasteiger partial charge < -0.3 is 15.2 Å². The summed E-state index contributed by atoms with van der Waals surface area (Å²) in [6, 6.07) is 8.81. The summed E-state index contributed by atoms with van der Waals surface area (Å²) >= 11 is -0.894. The van der Waals surface area contributed by atoms with Gasteiger partial charge in [0.05, 0.1) is 11.9 Å². The maximum Gasteiger partial charge on any atom is 0.270 e. The number of aromatic nitrogens is 4. The van der Waals surface area contributed by atoms with Crippen LogP contribution in [0, 0.1) is 31.6 Å². The maximum absolute atomic E-state index is 13.7. The van der Waals surface area contributed by atoms with Gasteiger partial charge in [0.2, 0.25) is 5.91 Å². The van der Waals surface area contributed by atoms with E-state index in [1.807, 2.05) is 38.1 Å². The molecule has 2 heterocycles. The highest BCUT2D eigenvalue weighted by Gasteiger charge is 2.48. The molecule has 38 heavy (non-hydrogen) atoms. The third kappa shape index (κ3) is 6.13. The molecule has 2 saturated carbocycles. The van der Waals surface area contributed by atoms with E-state index in [0.717, 1.165) is 48.2 Å². The summed E-state index contributed by atoms with van der Waals surface area (Å²) in [7, 11) is 0. The van der Waals surface area contributed by atoms with Crippen molar-refractivity contribution in [3.63, 3.8) is 0 Å². The number of nitrogens with zero attached hydrogens (tertiary/aromatic N) is 3. The Labute approximate surface area is 226 Å². The van der Waals surface area contributed by atoms with Gasteiger partial charge in [0, 0.05) is 36.1 Å². The molecule has 1 unspecified atom stereocenters. The molecule has 5 rings (SSSR count). The number of anilines is 1. The van der Waals surface area contributed by atoms with E-state index in [0.29, 0.717) is 41.9 Å². The lowest BCUT2D eigenvalue weighted by Gasteiger charge is -2.27. The SMILES string of the molecule is Cc1n[nH]c(C)c1-c1ccc(NC(=O)[C@@H](NC(=O)c2ccnn2CCC[S+](C)[O-])C(C2CC2)C2CC2)cc1. The number of rotatable bonds is 12.